The van der Waals surface area contributed by atoms with Gasteiger partial charge in [-0.3, -0.25) is 9.20 Å². The Balaban J connectivity index is 1.30. The molecule has 3 aromatic heterocycles. The minimum atomic E-state index is -0.0741. The number of hydrogen-bond acceptors (Lipinski definition) is 3. The third-order valence-corrected chi connectivity index (χ3v) is 7.37. The van der Waals surface area contributed by atoms with Gasteiger partial charge >= 0.3 is 0 Å². The summed E-state index contributed by atoms with van der Waals surface area (Å²) in [6.07, 6.45) is 13.0. The predicted molar refractivity (Wildman–Crippen MR) is 134 cm³/mol. The van der Waals surface area contributed by atoms with Crippen molar-refractivity contribution in [2.75, 3.05) is 6.54 Å². The van der Waals surface area contributed by atoms with E-state index < -0.39 is 0 Å². The van der Waals surface area contributed by atoms with E-state index in [2.05, 4.69) is 24.5 Å². The van der Waals surface area contributed by atoms with Gasteiger partial charge in [0, 0.05) is 36.6 Å². The molecule has 1 fully saturated rings. The fourth-order valence-electron chi connectivity index (χ4n) is 5.23. The number of halogens is 1. The van der Waals surface area contributed by atoms with Gasteiger partial charge in [0.05, 0.1) is 12.5 Å². The van der Waals surface area contributed by atoms with Crippen molar-refractivity contribution in [3.05, 3.63) is 89.6 Å². The highest BCUT2D eigenvalue weighted by Crippen LogP contribution is 2.38. The number of aromatic nitrogens is 4. The van der Waals surface area contributed by atoms with Gasteiger partial charge in [-0.15, -0.1) is 10.2 Å². The van der Waals surface area contributed by atoms with Crippen LogP contribution in [0.3, 0.4) is 0 Å². The molecule has 1 atom stereocenters. The molecule has 0 saturated heterocycles. The largest absolute Gasteiger partial charge is 0.355 e. The molecular weight excluding hydrogens is 446 g/mol. The van der Waals surface area contributed by atoms with Crippen molar-refractivity contribution in [1.29, 1.82) is 0 Å². The van der Waals surface area contributed by atoms with E-state index in [-0.39, 0.29) is 17.4 Å². The molecule has 6 nitrogen and oxygen atoms in total. The molecule has 1 aliphatic carbocycles. The van der Waals surface area contributed by atoms with Gasteiger partial charge < -0.3 is 9.88 Å². The van der Waals surface area contributed by atoms with Crippen LogP contribution in [-0.4, -0.2) is 31.6 Å². The third-order valence-electron chi connectivity index (χ3n) is 7.11. The Morgan fingerprint density at radius 3 is 2.47 bits per heavy atom. The summed E-state index contributed by atoms with van der Waals surface area (Å²) in [5.41, 5.74) is 1.94. The molecule has 4 aromatic rings. The molecule has 1 saturated carbocycles. The van der Waals surface area contributed by atoms with Crippen LogP contribution in [0.25, 0.3) is 5.65 Å². The smallest absolute Gasteiger partial charge is 0.222 e. The zero-order valence-electron chi connectivity index (χ0n) is 19.2. The molecule has 0 unspecified atom stereocenters. The summed E-state index contributed by atoms with van der Waals surface area (Å²) in [4.78, 5) is 13.2. The molecule has 1 aromatic carbocycles. The third kappa shape index (κ3) is 5.02. The zero-order valence-corrected chi connectivity index (χ0v) is 20.0. The van der Waals surface area contributed by atoms with E-state index >= 15 is 0 Å². The van der Waals surface area contributed by atoms with Gasteiger partial charge in [-0.1, -0.05) is 49.1 Å². The molecule has 0 spiro atoms. The Morgan fingerprint density at radius 1 is 0.971 bits per heavy atom. The topological polar surface area (TPSA) is 64.2 Å². The second-order valence-corrected chi connectivity index (χ2v) is 9.90. The van der Waals surface area contributed by atoms with Crippen molar-refractivity contribution in [1.82, 2.24) is 24.5 Å². The standard InChI is InChI=1S/C27H30ClN5O/c28-22-11-9-21(10-12-22)23(32-15-6-7-16-32)18-26(34)29-20-27(13-3-1-4-14-27)19-25-31-30-24-8-2-5-17-33(24)25/h2,5-12,15-17,23H,1,3-4,13-14,18-20H2,(H,29,34)/t23-/m1/s1. The zero-order chi connectivity index (χ0) is 23.4. The van der Waals surface area contributed by atoms with Crippen LogP contribution in [0, 0.1) is 5.41 Å². The van der Waals surface area contributed by atoms with E-state index in [4.69, 9.17) is 11.6 Å². The maximum Gasteiger partial charge on any atom is 0.222 e. The number of benzene rings is 1. The van der Waals surface area contributed by atoms with E-state index in [1.807, 2.05) is 73.2 Å². The number of nitrogens with zero attached hydrogens (tertiary/aromatic N) is 4. The van der Waals surface area contributed by atoms with Crippen LogP contribution in [0.2, 0.25) is 5.02 Å². The molecule has 0 bridgehead atoms. The van der Waals surface area contributed by atoms with Crippen molar-refractivity contribution in [3.63, 3.8) is 0 Å². The quantitative estimate of drug-likeness (QED) is 0.367. The SMILES string of the molecule is O=C(C[C@H](c1ccc(Cl)cc1)n1cccc1)NCC1(Cc2nnc3ccccn23)CCCCC1. The number of rotatable bonds is 8. The molecule has 0 aliphatic heterocycles. The minimum Gasteiger partial charge on any atom is -0.355 e. The first-order chi connectivity index (χ1) is 16.6. The van der Waals surface area contributed by atoms with E-state index in [9.17, 15) is 4.79 Å². The number of carbonyl (C=O) groups is 1. The Morgan fingerprint density at radius 2 is 1.71 bits per heavy atom. The van der Waals surface area contributed by atoms with Crippen LogP contribution >= 0.6 is 11.6 Å². The molecule has 0 radical (unpaired) electrons. The van der Waals surface area contributed by atoms with Crippen molar-refractivity contribution >= 4 is 23.2 Å². The van der Waals surface area contributed by atoms with E-state index in [1.54, 1.807) is 0 Å². The highest BCUT2D eigenvalue weighted by Gasteiger charge is 2.34. The Hall–Kier alpha value is -3.12. The average molecular weight is 476 g/mol. The first kappa shape index (κ1) is 22.7. The number of pyridine rings is 1. The normalized spacial score (nSPS) is 16.4. The van der Waals surface area contributed by atoms with E-state index in [0.29, 0.717) is 18.0 Å². The summed E-state index contributed by atoms with van der Waals surface area (Å²) in [5.74, 6) is 1.03. The second-order valence-electron chi connectivity index (χ2n) is 9.46. The van der Waals surface area contributed by atoms with Crippen LogP contribution < -0.4 is 5.32 Å². The number of amides is 1. The fourth-order valence-corrected chi connectivity index (χ4v) is 5.36. The van der Waals surface area contributed by atoms with Crippen molar-refractivity contribution in [2.24, 2.45) is 5.41 Å². The average Bonchev–Trinajstić information content (AvgIpc) is 3.54. The van der Waals surface area contributed by atoms with Gasteiger partial charge in [-0.25, -0.2) is 0 Å². The number of fused-ring (bicyclic) bond motifs is 1. The first-order valence-electron chi connectivity index (χ1n) is 12.1. The predicted octanol–water partition coefficient (Wildman–Crippen LogP) is 5.47. The Kier molecular flexibility index (Phi) is 6.68. The summed E-state index contributed by atoms with van der Waals surface area (Å²) in [6.45, 7) is 0.659. The Labute approximate surface area is 205 Å². The van der Waals surface area contributed by atoms with Gasteiger partial charge in [0.15, 0.2) is 5.65 Å². The number of nitrogens with one attached hydrogen (secondary N) is 1. The van der Waals surface area contributed by atoms with E-state index in [0.717, 1.165) is 36.3 Å². The molecule has 5 rings (SSSR count). The summed E-state index contributed by atoms with van der Waals surface area (Å²) in [6, 6.07) is 17.6. The van der Waals surface area contributed by atoms with Gasteiger partial charge in [0.25, 0.3) is 0 Å². The van der Waals surface area contributed by atoms with E-state index in [1.165, 1.54) is 19.3 Å². The fraction of sp³-hybridized carbons (Fsp3) is 0.370. The van der Waals surface area contributed by atoms with Gasteiger partial charge in [0.1, 0.15) is 5.82 Å². The molecule has 34 heavy (non-hydrogen) atoms. The lowest BCUT2D eigenvalue weighted by molar-refractivity contribution is -0.122. The summed E-state index contributed by atoms with van der Waals surface area (Å²) >= 11 is 6.10. The number of carbonyl (C=O) groups excluding carboxylic acids is 1. The van der Waals surface area contributed by atoms with Gasteiger partial charge in [0.2, 0.25) is 5.91 Å². The number of hydrogen-bond donors (Lipinski definition) is 1. The van der Waals surface area contributed by atoms with Crippen LogP contribution in [0.1, 0.15) is 56.0 Å². The highest BCUT2D eigenvalue weighted by atomic mass is 35.5. The lowest BCUT2D eigenvalue weighted by Gasteiger charge is -2.37. The first-order valence-corrected chi connectivity index (χ1v) is 12.4. The van der Waals surface area contributed by atoms with Crippen molar-refractivity contribution < 1.29 is 4.79 Å². The summed E-state index contributed by atoms with van der Waals surface area (Å²) < 4.78 is 4.16. The van der Waals surface area contributed by atoms with Crippen LogP contribution in [0.5, 0.6) is 0 Å². The molecule has 7 heteroatoms. The monoisotopic (exact) mass is 475 g/mol. The molecule has 1 aliphatic rings. The molecule has 1 amide bonds. The molecule has 3 heterocycles. The highest BCUT2D eigenvalue weighted by molar-refractivity contribution is 6.30. The van der Waals surface area contributed by atoms with Crippen LogP contribution in [0.4, 0.5) is 0 Å². The lowest BCUT2D eigenvalue weighted by atomic mass is 9.71. The molecular formula is C27H30ClN5O. The summed E-state index contributed by atoms with van der Waals surface area (Å²) in [5, 5.41) is 12.8. The van der Waals surface area contributed by atoms with Gasteiger partial charge in [-0.05, 0) is 60.2 Å². The van der Waals surface area contributed by atoms with Crippen LogP contribution in [-0.2, 0) is 11.2 Å². The van der Waals surface area contributed by atoms with Crippen molar-refractivity contribution in [3.8, 4) is 0 Å². The molecule has 1 N–H and O–H groups in total. The molecule has 176 valence electrons. The van der Waals surface area contributed by atoms with Crippen LogP contribution in [0.15, 0.2) is 73.2 Å². The maximum absolute atomic E-state index is 13.2. The van der Waals surface area contributed by atoms with Crippen molar-refractivity contribution in [2.45, 2.75) is 51.0 Å². The Bertz CT molecular complexity index is 1230. The maximum atomic E-state index is 13.2. The van der Waals surface area contributed by atoms with Gasteiger partial charge in [-0.2, -0.15) is 0 Å². The lowest BCUT2D eigenvalue weighted by Crippen LogP contribution is -2.41. The summed E-state index contributed by atoms with van der Waals surface area (Å²) in [7, 11) is 0. The minimum absolute atomic E-state index is 0.00985. The second kappa shape index (κ2) is 10.0.